The van der Waals surface area contributed by atoms with E-state index in [0.717, 1.165) is 44.4 Å². The Bertz CT molecular complexity index is 1780. The van der Waals surface area contributed by atoms with Gasteiger partial charge in [0.2, 0.25) is 0 Å². The Kier molecular flexibility index (Phi) is 4.16. The molecule has 6 aromatic rings. The minimum absolute atomic E-state index is 0.149. The molecule has 0 radical (unpaired) electrons. The quantitative estimate of drug-likeness (QED) is 0.305. The van der Waals surface area contributed by atoms with Gasteiger partial charge in [-0.25, -0.2) is 15.0 Å². The molecule has 0 amide bonds. The maximum Gasteiger partial charge on any atom is 0.181 e. The fourth-order valence-corrected chi connectivity index (χ4v) is 4.38. The minimum Gasteiger partial charge on any atom is -0.486 e. The van der Waals surface area contributed by atoms with E-state index in [0.29, 0.717) is 28.7 Å². The highest BCUT2D eigenvalue weighted by Crippen LogP contribution is 2.34. The van der Waals surface area contributed by atoms with Crippen molar-refractivity contribution in [2.75, 3.05) is 6.61 Å². The Balaban J connectivity index is 1.50. The van der Waals surface area contributed by atoms with Crippen LogP contribution in [-0.2, 0) is 0 Å². The summed E-state index contributed by atoms with van der Waals surface area (Å²) >= 11 is 0. The van der Waals surface area contributed by atoms with Gasteiger partial charge in [0.15, 0.2) is 11.5 Å². The fourth-order valence-electron chi connectivity index (χ4n) is 4.38. The molecule has 2 aromatic carbocycles. The number of imidazole rings is 1. The molecule has 0 unspecified atom stereocenters. The van der Waals surface area contributed by atoms with Crippen molar-refractivity contribution in [3.05, 3.63) is 73.2 Å². The first-order valence-corrected chi connectivity index (χ1v) is 11.1. The van der Waals surface area contributed by atoms with Crippen LogP contribution in [0.25, 0.3) is 55.8 Å². The Morgan fingerprint density at radius 2 is 1.83 bits per heavy atom. The number of nitrogens with zero attached hydrogens (tertiary/aromatic N) is 5. The number of ether oxygens (including phenoxy) is 1. The maximum atomic E-state index is 6.18. The van der Waals surface area contributed by atoms with Gasteiger partial charge < -0.3 is 15.5 Å². The van der Waals surface area contributed by atoms with Crippen LogP contribution in [0.4, 0.5) is 5.69 Å². The van der Waals surface area contributed by atoms with Crippen LogP contribution in [-0.4, -0.2) is 42.6 Å². The second kappa shape index (κ2) is 7.49. The number of nitrogens with two attached hydrogens (primary N) is 1. The van der Waals surface area contributed by atoms with Crippen LogP contribution in [0.5, 0.6) is 5.75 Å². The number of nitrogens with one attached hydrogen (secondary N) is 2. The number of amidine groups is 1. The lowest BCUT2D eigenvalue weighted by Gasteiger charge is -2.09. The molecule has 0 spiro atoms. The topological polar surface area (TPSA) is 131 Å². The molecule has 0 saturated carbocycles. The van der Waals surface area contributed by atoms with E-state index in [-0.39, 0.29) is 6.61 Å². The van der Waals surface area contributed by atoms with Crippen molar-refractivity contribution >= 4 is 33.6 Å². The minimum atomic E-state index is 0.149. The first-order valence-electron chi connectivity index (χ1n) is 11.1. The van der Waals surface area contributed by atoms with Gasteiger partial charge in [-0.1, -0.05) is 24.3 Å². The molecule has 4 N–H and O–H groups in total. The molecule has 4 aromatic heterocycles. The van der Waals surface area contributed by atoms with Crippen LogP contribution in [0.1, 0.15) is 0 Å². The number of para-hydroxylation sites is 1. The molecule has 0 fully saturated rings. The summed E-state index contributed by atoms with van der Waals surface area (Å²) in [7, 11) is 0. The van der Waals surface area contributed by atoms with Gasteiger partial charge in [-0.15, -0.1) is 0 Å². The second-order valence-electron chi connectivity index (χ2n) is 8.33. The van der Waals surface area contributed by atoms with E-state index in [4.69, 9.17) is 15.5 Å². The van der Waals surface area contributed by atoms with Crippen molar-refractivity contribution in [1.29, 1.82) is 0 Å². The monoisotopic (exact) mass is 458 g/mol. The fraction of sp³-hybridized carbons (Fsp3) is 0.0385. The van der Waals surface area contributed by atoms with Crippen molar-refractivity contribution in [1.82, 2.24) is 30.1 Å². The molecule has 5 heterocycles. The third kappa shape index (κ3) is 3.29. The third-order valence-electron chi connectivity index (χ3n) is 6.02. The van der Waals surface area contributed by atoms with Gasteiger partial charge in [-0.3, -0.25) is 10.1 Å². The summed E-state index contributed by atoms with van der Waals surface area (Å²) in [5, 5.41) is 8.35. The van der Waals surface area contributed by atoms with E-state index in [9.17, 15) is 0 Å². The molecule has 7 rings (SSSR count). The van der Waals surface area contributed by atoms with E-state index in [1.54, 1.807) is 18.6 Å². The molecule has 8 bridgehead atoms. The van der Waals surface area contributed by atoms with Gasteiger partial charge >= 0.3 is 0 Å². The largest absolute Gasteiger partial charge is 0.486 e. The lowest BCUT2D eigenvalue weighted by Crippen LogP contribution is -2.20. The van der Waals surface area contributed by atoms with Gasteiger partial charge in [0.25, 0.3) is 0 Å². The molecule has 0 atom stereocenters. The number of aromatic amines is 2. The SMILES string of the molecule is NC1=Nc2cncc(c2)-c2cnc3n[nH]c(c3c2)-c2nc3c(cccc3[nH]2)-c2cccc(c2)OC1. The van der Waals surface area contributed by atoms with E-state index in [2.05, 4.69) is 30.1 Å². The van der Waals surface area contributed by atoms with Crippen molar-refractivity contribution < 1.29 is 4.74 Å². The number of fused-ring (bicyclic) bond motifs is 9. The predicted octanol–water partition coefficient (Wildman–Crippen LogP) is 4.61. The number of pyridine rings is 2. The summed E-state index contributed by atoms with van der Waals surface area (Å²) < 4.78 is 5.94. The molecule has 35 heavy (non-hydrogen) atoms. The number of benzene rings is 2. The Labute approximate surface area is 198 Å². The number of aromatic nitrogens is 6. The van der Waals surface area contributed by atoms with Crippen LogP contribution >= 0.6 is 0 Å². The molecule has 0 aliphatic carbocycles. The van der Waals surface area contributed by atoms with Crippen LogP contribution in [0.2, 0.25) is 0 Å². The Morgan fingerprint density at radius 3 is 2.80 bits per heavy atom. The van der Waals surface area contributed by atoms with E-state index in [1.165, 1.54) is 0 Å². The molecule has 168 valence electrons. The predicted molar refractivity (Wildman–Crippen MR) is 134 cm³/mol. The zero-order valence-corrected chi connectivity index (χ0v) is 18.4. The zero-order valence-electron chi connectivity index (χ0n) is 18.4. The van der Waals surface area contributed by atoms with Gasteiger partial charge in [0, 0.05) is 29.1 Å². The summed E-state index contributed by atoms with van der Waals surface area (Å²) in [5.41, 5.74) is 13.7. The molecule has 9 heteroatoms. The molecule has 0 saturated heterocycles. The standard InChI is InChI=1S/C26H18N8O/c27-22-13-35-18-4-1-3-14(8-18)19-5-2-6-21-23(19)32-26(31-21)24-20-9-16(11-29-25(20)34-33-24)15-7-17(30-22)12-28-10-15/h1-12H,13H2,(H2,27,30)(H,31,32)(H,29,33,34). The van der Waals surface area contributed by atoms with Gasteiger partial charge in [0.1, 0.15) is 23.9 Å². The first-order chi connectivity index (χ1) is 17.2. The number of rotatable bonds is 0. The van der Waals surface area contributed by atoms with Crippen LogP contribution in [0.15, 0.2) is 78.2 Å². The Hall–Kier alpha value is -5.05. The number of hydrogen-bond donors (Lipinski definition) is 3. The summed E-state index contributed by atoms with van der Waals surface area (Å²) in [4.78, 5) is 21.8. The first kappa shape index (κ1) is 19.4. The van der Waals surface area contributed by atoms with Crippen molar-refractivity contribution in [3.8, 4) is 39.5 Å². The highest BCUT2D eigenvalue weighted by Gasteiger charge is 2.16. The average molecular weight is 458 g/mol. The van der Waals surface area contributed by atoms with Crippen LogP contribution in [0.3, 0.4) is 0 Å². The van der Waals surface area contributed by atoms with Crippen molar-refractivity contribution in [3.63, 3.8) is 0 Å². The summed E-state index contributed by atoms with van der Waals surface area (Å²) in [6, 6.07) is 17.9. The van der Waals surface area contributed by atoms with Crippen LogP contribution in [0, 0.1) is 0 Å². The number of H-pyrrole nitrogens is 2. The average Bonchev–Trinajstić information content (AvgIpc) is 3.51. The van der Waals surface area contributed by atoms with E-state index in [1.807, 2.05) is 54.6 Å². The molecule has 9 nitrogen and oxygen atoms in total. The summed E-state index contributed by atoms with van der Waals surface area (Å²) in [5.74, 6) is 1.73. The zero-order chi connectivity index (χ0) is 23.4. The molecule has 1 aliphatic heterocycles. The molecular weight excluding hydrogens is 440 g/mol. The van der Waals surface area contributed by atoms with Crippen LogP contribution < -0.4 is 10.5 Å². The van der Waals surface area contributed by atoms with Crippen molar-refractivity contribution in [2.45, 2.75) is 0 Å². The summed E-state index contributed by atoms with van der Waals surface area (Å²) in [6.07, 6.45) is 5.20. The third-order valence-corrected chi connectivity index (χ3v) is 6.02. The maximum absolute atomic E-state index is 6.18. The Morgan fingerprint density at radius 1 is 0.914 bits per heavy atom. The number of aliphatic imine (C=N–C) groups is 1. The molecular formula is C26H18N8O. The number of hydrogen-bond acceptors (Lipinski definition) is 7. The van der Waals surface area contributed by atoms with Gasteiger partial charge in [0.05, 0.1) is 28.3 Å². The van der Waals surface area contributed by atoms with E-state index < -0.39 is 0 Å². The van der Waals surface area contributed by atoms with Gasteiger partial charge in [-0.2, -0.15) is 5.10 Å². The second-order valence-corrected chi connectivity index (χ2v) is 8.33. The molecule has 1 aliphatic rings. The highest BCUT2D eigenvalue weighted by atomic mass is 16.5. The lowest BCUT2D eigenvalue weighted by molar-refractivity contribution is 0.375. The highest BCUT2D eigenvalue weighted by molar-refractivity contribution is 5.97. The van der Waals surface area contributed by atoms with Crippen molar-refractivity contribution in [2.24, 2.45) is 10.7 Å². The summed E-state index contributed by atoms with van der Waals surface area (Å²) in [6.45, 7) is 0.149. The smallest absolute Gasteiger partial charge is 0.181 e. The van der Waals surface area contributed by atoms with E-state index >= 15 is 0 Å². The van der Waals surface area contributed by atoms with Gasteiger partial charge in [-0.05, 0) is 35.9 Å². The normalized spacial score (nSPS) is 13.0. The lowest BCUT2D eigenvalue weighted by atomic mass is 10.0.